The molecule has 3 rings (SSSR count). The van der Waals surface area contributed by atoms with E-state index in [1.807, 2.05) is 12.1 Å². The number of amides is 1. The van der Waals surface area contributed by atoms with Gasteiger partial charge in [0.25, 0.3) is 11.5 Å². The van der Waals surface area contributed by atoms with Crippen LogP contribution >= 0.6 is 0 Å². The number of carbonyl (C=O) groups excluding carboxylic acids is 1. The van der Waals surface area contributed by atoms with E-state index in [0.29, 0.717) is 18.7 Å². The van der Waals surface area contributed by atoms with E-state index in [-0.39, 0.29) is 23.1 Å². The van der Waals surface area contributed by atoms with Crippen LogP contribution in [0.15, 0.2) is 41.2 Å². The van der Waals surface area contributed by atoms with Gasteiger partial charge < -0.3 is 10.4 Å². The molecule has 1 amide bonds. The zero-order chi connectivity index (χ0) is 17.3. The molecule has 0 unspecified atom stereocenters. The molecule has 0 spiro atoms. The highest BCUT2D eigenvalue weighted by molar-refractivity contribution is 6.02. The topological polar surface area (TPSA) is 101 Å². The summed E-state index contributed by atoms with van der Waals surface area (Å²) in [5.74, 6) is -1.42. The molecular formula is C17H17N3O4. The number of hydrogen-bond donors (Lipinski definition) is 2. The van der Waals surface area contributed by atoms with Crippen LogP contribution in [0.1, 0.15) is 35.3 Å². The maximum absolute atomic E-state index is 12.2. The third-order valence-electron chi connectivity index (χ3n) is 4.10. The van der Waals surface area contributed by atoms with Gasteiger partial charge in [0.05, 0.1) is 5.92 Å². The second-order valence-corrected chi connectivity index (χ2v) is 5.74. The molecule has 7 heteroatoms. The Morgan fingerprint density at radius 2 is 1.96 bits per heavy atom. The van der Waals surface area contributed by atoms with Crippen LogP contribution in [-0.4, -0.2) is 26.8 Å². The molecule has 24 heavy (non-hydrogen) atoms. The fourth-order valence-electron chi connectivity index (χ4n) is 2.64. The minimum Gasteiger partial charge on any atom is -0.481 e. The van der Waals surface area contributed by atoms with E-state index in [0.717, 1.165) is 5.56 Å². The van der Waals surface area contributed by atoms with E-state index in [1.54, 1.807) is 19.1 Å². The maximum Gasteiger partial charge on any atom is 0.307 e. The Morgan fingerprint density at radius 1 is 1.25 bits per heavy atom. The summed E-state index contributed by atoms with van der Waals surface area (Å²) >= 11 is 0. The Morgan fingerprint density at radius 3 is 2.54 bits per heavy atom. The highest BCUT2D eigenvalue weighted by Crippen LogP contribution is 2.47. The van der Waals surface area contributed by atoms with E-state index in [1.165, 1.54) is 16.8 Å². The molecule has 124 valence electrons. The first-order valence-corrected chi connectivity index (χ1v) is 7.72. The Hall–Kier alpha value is -2.96. The largest absolute Gasteiger partial charge is 0.481 e. The van der Waals surface area contributed by atoms with Crippen molar-refractivity contribution < 1.29 is 14.7 Å². The monoisotopic (exact) mass is 327 g/mol. The number of benzene rings is 1. The molecule has 2 aromatic rings. The normalized spacial score (nSPS) is 18.9. The standard InChI is InChI=1S/C17H17N3O4/c1-2-20-15(21)8-7-14(19-20)16(22)18-11-5-3-10(4-6-11)12-9-13(12)17(23)24/h3-8,12-13H,2,9H2,1H3,(H,18,22)(H,23,24)/t12-,13+/m0/s1. The summed E-state index contributed by atoms with van der Waals surface area (Å²) < 4.78 is 1.22. The molecule has 1 saturated carbocycles. The van der Waals surface area contributed by atoms with Gasteiger partial charge in [0.15, 0.2) is 0 Å². The van der Waals surface area contributed by atoms with Crippen molar-refractivity contribution in [1.29, 1.82) is 0 Å². The van der Waals surface area contributed by atoms with Crippen molar-refractivity contribution in [3.63, 3.8) is 0 Å². The Labute approximate surface area is 137 Å². The summed E-state index contributed by atoms with van der Waals surface area (Å²) in [6, 6.07) is 9.82. The average molecular weight is 327 g/mol. The lowest BCUT2D eigenvalue weighted by molar-refractivity contribution is -0.138. The number of nitrogens with zero attached hydrogens (tertiary/aromatic N) is 2. The number of carboxylic acids is 1. The SMILES string of the molecule is CCn1nc(C(=O)Nc2ccc([C@@H]3C[C@H]3C(=O)O)cc2)ccc1=O. The number of carbonyl (C=O) groups is 2. The third-order valence-corrected chi connectivity index (χ3v) is 4.10. The van der Waals surface area contributed by atoms with Crippen molar-refractivity contribution in [3.05, 3.63) is 58.0 Å². The van der Waals surface area contributed by atoms with Crippen LogP contribution in [0.5, 0.6) is 0 Å². The number of hydrogen-bond acceptors (Lipinski definition) is 4. The van der Waals surface area contributed by atoms with Crippen molar-refractivity contribution in [3.8, 4) is 0 Å². The van der Waals surface area contributed by atoms with Crippen LogP contribution in [0, 0.1) is 5.92 Å². The lowest BCUT2D eigenvalue weighted by atomic mass is 10.1. The number of aromatic nitrogens is 2. The second kappa shape index (κ2) is 6.27. The summed E-state index contributed by atoms with van der Waals surface area (Å²) in [5.41, 5.74) is 1.45. The van der Waals surface area contributed by atoms with Crippen LogP contribution in [0.2, 0.25) is 0 Å². The highest BCUT2D eigenvalue weighted by atomic mass is 16.4. The predicted octanol–water partition coefficient (Wildman–Crippen LogP) is 1.70. The van der Waals surface area contributed by atoms with Crippen LogP contribution in [-0.2, 0) is 11.3 Å². The van der Waals surface area contributed by atoms with Gasteiger partial charge in [-0.05, 0) is 43.0 Å². The average Bonchev–Trinajstić information content (AvgIpc) is 3.37. The highest BCUT2D eigenvalue weighted by Gasteiger charge is 2.43. The van der Waals surface area contributed by atoms with E-state index in [9.17, 15) is 14.4 Å². The van der Waals surface area contributed by atoms with Crippen molar-refractivity contribution in [2.24, 2.45) is 5.92 Å². The molecule has 0 aliphatic heterocycles. The van der Waals surface area contributed by atoms with Crippen molar-refractivity contribution in [2.45, 2.75) is 25.8 Å². The molecule has 1 aromatic heterocycles. The van der Waals surface area contributed by atoms with Gasteiger partial charge in [0.2, 0.25) is 0 Å². The number of rotatable bonds is 5. The zero-order valence-electron chi connectivity index (χ0n) is 13.1. The van der Waals surface area contributed by atoms with E-state index >= 15 is 0 Å². The molecular weight excluding hydrogens is 310 g/mol. The summed E-state index contributed by atoms with van der Waals surface area (Å²) in [7, 11) is 0. The first-order chi connectivity index (χ1) is 11.5. The van der Waals surface area contributed by atoms with Gasteiger partial charge in [-0.2, -0.15) is 5.10 Å². The Bertz CT molecular complexity index is 842. The van der Waals surface area contributed by atoms with Crippen molar-refractivity contribution >= 4 is 17.6 Å². The minimum atomic E-state index is -0.769. The van der Waals surface area contributed by atoms with Crippen molar-refractivity contribution in [1.82, 2.24) is 9.78 Å². The summed E-state index contributed by atoms with van der Waals surface area (Å²) in [6.07, 6.45) is 0.656. The van der Waals surface area contributed by atoms with Gasteiger partial charge >= 0.3 is 5.97 Å². The van der Waals surface area contributed by atoms with E-state index in [4.69, 9.17) is 5.11 Å². The van der Waals surface area contributed by atoms with Gasteiger partial charge in [0, 0.05) is 18.3 Å². The fraction of sp³-hybridized carbons (Fsp3) is 0.294. The minimum absolute atomic E-state index is 0.0574. The molecule has 2 atom stereocenters. The van der Waals surface area contributed by atoms with Gasteiger partial charge in [-0.25, -0.2) is 4.68 Å². The number of nitrogens with one attached hydrogen (secondary N) is 1. The summed E-state index contributed by atoms with van der Waals surface area (Å²) in [4.78, 5) is 34.6. The van der Waals surface area contributed by atoms with Crippen LogP contribution in [0.4, 0.5) is 5.69 Å². The number of anilines is 1. The Balaban J connectivity index is 1.69. The number of aryl methyl sites for hydroxylation is 1. The van der Waals surface area contributed by atoms with Crippen molar-refractivity contribution in [2.75, 3.05) is 5.32 Å². The number of carboxylic acid groups (broad SMARTS) is 1. The molecule has 0 saturated heterocycles. The molecule has 7 nitrogen and oxygen atoms in total. The summed E-state index contributed by atoms with van der Waals surface area (Å²) in [5, 5.41) is 15.7. The third kappa shape index (κ3) is 3.19. The smallest absolute Gasteiger partial charge is 0.307 e. The predicted molar refractivity (Wildman–Crippen MR) is 87.1 cm³/mol. The van der Waals surface area contributed by atoms with Gasteiger partial charge in [-0.1, -0.05) is 12.1 Å². The fourth-order valence-corrected chi connectivity index (χ4v) is 2.64. The molecule has 1 heterocycles. The quantitative estimate of drug-likeness (QED) is 0.870. The first kappa shape index (κ1) is 15.9. The number of aliphatic carboxylic acids is 1. The molecule has 2 N–H and O–H groups in total. The van der Waals surface area contributed by atoms with Gasteiger partial charge in [0.1, 0.15) is 5.69 Å². The molecule has 0 radical (unpaired) electrons. The lowest BCUT2D eigenvalue weighted by Crippen LogP contribution is -2.25. The Kier molecular flexibility index (Phi) is 4.16. The molecule has 1 aliphatic rings. The van der Waals surface area contributed by atoms with Gasteiger partial charge in [-0.15, -0.1) is 0 Å². The lowest BCUT2D eigenvalue weighted by Gasteiger charge is -2.07. The molecule has 0 bridgehead atoms. The zero-order valence-corrected chi connectivity index (χ0v) is 13.1. The summed E-state index contributed by atoms with van der Waals surface area (Å²) in [6.45, 7) is 2.16. The van der Waals surface area contributed by atoms with Gasteiger partial charge in [-0.3, -0.25) is 14.4 Å². The maximum atomic E-state index is 12.2. The second-order valence-electron chi connectivity index (χ2n) is 5.74. The molecule has 1 aromatic carbocycles. The van der Waals surface area contributed by atoms with Crippen LogP contribution in [0.3, 0.4) is 0 Å². The van der Waals surface area contributed by atoms with Crippen LogP contribution in [0.25, 0.3) is 0 Å². The van der Waals surface area contributed by atoms with Crippen LogP contribution < -0.4 is 10.9 Å². The van der Waals surface area contributed by atoms with E-state index < -0.39 is 11.9 Å². The molecule has 1 fully saturated rings. The van der Waals surface area contributed by atoms with E-state index in [2.05, 4.69) is 10.4 Å². The molecule has 1 aliphatic carbocycles. The first-order valence-electron chi connectivity index (χ1n) is 7.72.